The zero-order valence-corrected chi connectivity index (χ0v) is 22.2. The number of hydrogen-bond donors (Lipinski definition) is 4. The Labute approximate surface area is 222 Å². The van der Waals surface area contributed by atoms with Crippen molar-refractivity contribution in [3.8, 4) is 11.5 Å². The molecular formula is C27H36N4O5S. The van der Waals surface area contributed by atoms with E-state index in [0.29, 0.717) is 35.0 Å². The van der Waals surface area contributed by atoms with Gasteiger partial charge in [-0.25, -0.2) is 9.59 Å². The lowest BCUT2D eigenvalue weighted by Crippen LogP contribution is -2.35. The molecule has 1 aliphatic heterocycles. The Bertz CT molecular complexity index is 1090. The Hall–Kier alpha value is -2.92. The summed E-state index contributed by atoms with van der Waals surface area (Å²) in [5.41, 5.74) is 6.44. The van der Waals surface area contributed by atoms with E-state index in [1.807, 2.05) is 12.1 Å². The molecule has 0 saturated carbocycles. The number of nitrogens with zero attached hydrogens (tertiary/aromatic N) is 1. The second-order valence-corrected chi connectivity index (χ2v) is 9.85. The summed E-state index contributed by atoms with van der Waals surface area (Å²) in [6, 6.07) is 11.8. The minimum absolute atomic E-state index is 0.0827. The van der Waals surface area contributed by atoms with Gasteiger partial charge in [0.15, 0.2) is 5.54 Å². The van der Waals surface area contributed by atoms with Crippen LogP contribution in [0.1, 0.15) is 48.2 Å². The first-order valence-electron chi connectivity index (χ1n) is 12.5. The molecule has 1 heterocycles. The van der Waals surface area contributed by atoms with Gasteiger partial charge in [0.25, 0.3) is 0 Å². The molecule has 0 radical (unpaired) electrons. The maximum absolute atomic E-state index is 12.6. The zero-order chi connectivity index (χ0) is 26.7. The fraction of sp³-hybridized carbons (Fsp3) is 0.444. The summed E-state index contributed by atoms with van der Waals surface area (Å²) in [6.45, 7) is 7.96. The van der Waals surface area contributed by atoms with E-state index in [2.05, 4.69) is 15.6 Å². The third-order valence-corrected chi connectivity index (χ3v) is 7.04. The van der Waals surface area contributed by atoms with Gasteiger partial charge in [0.1, 0.15) is 16.5 Å². The van der Waals surface area contributed by atoms with Gasteiger partial charge in [0.2, 0.25) is 0 Å². The number of aliphatic imine (C=N–C) groups is 1. The molecule has 3 rings (SSSR count). The number of esters is 2. The number of hydrogen-bond acceptors (Lipinski definition) is 10. The van der Waals surface area contributed by atoms with Gasteiger partial charge >= 0.3 is 11.9 Å². The monoisotopic (exact) mass is 528 g/mol. The largest absolute Gasteiger partial charge is 0.507 e. The molecule has 0 amide bonds. The van der Waals surface area contributed by atoms with E-state index in [1.165, 1.54) is 17.8 Å². The van der Waals surface area contributed by atoms with Crippen molar-refractivity contribution in [3.05, 3.63) is 59.2 Å². The Morgan fingerprint density at radius 3 is 2.54 bits per heavy atom. The highest BCUT2D eigenvalue weighted by molar-refractivity contribution is 8.14. The predicted octanol–water partition coefficient (Wildman–Crippen LogP) is 2.84. The van der Waals surface area contributed by atoms with Crippen molar-refractivity contribution < 1.29 is 24.2 Å². The van der Waals surface area contributed by atoms with Gasteiger partial charge in [-0.15, -0.1) is 11.8 Å². The van der Waals surface area contributed by atoms with Crippen molar-refractivity contribution >= 4 is 28.7 Å². The van der Waals surface area contributed by atoms with Crippen LogP contribution in [0.2, 0.25) is 0 Å². The molecule has 0 aromatic heterocycles. The van der Waals surface area contributed by atoms with Crippen LogP contribution in [-0.2, 0) is 16.1 Å². The number of thioether (sulfide) groups is 1. The molecule has 200 valence electrons. The summed E-state index contributed by atoms with van der Waals surface area (Å²) in [6.07, 6.45) is 2.01. The first kappa shape index (κ1) is 28.6. The molecule has 0 spiro atoms. The van der Waals surface area contributed by atoms with Crippen LogP contribution in [-0.4, -0.2) is 66.2 Å². The molecule has 0 aliphatic carbocycles. The lowest BCUT2D eigenvalue weighted by molar-refractivity contribution is -0.147. The summed E-state index contributed by atoms with van der Waals surface area (Å²) in [5, 5.41) is 17.8. The van der Waals surface area contributed by atoms with Crippen LogP contribution < -0.4 is 21.1 Å². The van der Waals surface area contributed by atoms with Crippen LogP contribution in [0, 0.1) is 0 Å². The Morgan fingerprint density at radius 1 is 1.11 bits per heavy atom. The summed E-state index contributed by atoms with van der Waals surface area (Å²) in [4.78, 5) is 29.3. The quantitative estimate of drug-likeness (QED) is 0.166. The molecule has 1 atom stereocenters. The number of nitrogens with one attached hydrogen (secondary N) is 2. The SMILES string of the molecule is CCOC(=O)[C@@]1(C)CSC(c2ccc(OC(=O)c3ccc(CNCCCNCCCN)cc3)cc2O)=N1. The summed E-state index contributed by atoms with van der Waals surface area (Å²) < 4.78 is 10.6. The highest BCUT2D eigenvalue weighted by Gasteiger charge is 2.40. The predicted molar refractivity (Wildman–Crippen MR) is 146 cm³/mol. The van der Waals surface area contributed by atoms with Gasteiger partial charge in [-0.3, -0.25) is 4.99 Å². The van der Waals surface area contributed by atoms with Crippen LogP contribution >= 0.6 is 11.8 Å². The standard InChI is InChI=1S/C27H36N4O5S/c1-3-35-26(34)27(2)18-37-24(31-27)22-11-10-21(16-23(22)32)36-25(33)20-8-6-19(7-9-20)17-30-15-5-14-29-13-4-12-28/h6-11,16,29-30,32H,3-5,12-15,17-18,28H2,1-2H3/t27-/m1/s1. The van der Waals surface area contributed by atoms with E-state index in [9.17, 15) is 14.7 Å². The molecule has 2 aromatic rings. The molecule has 1 aliphatic rings. The third-order valence-electron chi connectivity index (χ3n) is 5.75. The van der Waals surface area contributed by atoms with E-state index >= 15 is 0 Å². The molecule has 37 heavy (non-hydrogen) atoms. The first-order chi connectivity index (χ1) is 17.9. The fourth-order valence-corrected chi connectivity index (χ4v) is 4.82. The van der Waals surface area contributed by atoms with Gasteiger partial charge in [-0.1, -0.05) is 12.1 Å². The summed E-state index contributed by atoms with van der Waals surface area (Å²) in [5.74, 6) is -0.349. The van der Waals surface area contributed by atoms with Crippen LogP contribution in [0.4, 0.5) is 0 Å². The minimum Gasteiger partial charge on any atom is -0.507 e. The number of nitrogens with two attached hydrogens (primary N) is 1. The maximum atomic E-state index is 12.6. The van der Waals surface area contributed by atoms with Crippen LogP contribution in [0.3, 0.4) is 0 Å². The average Bonchev–Trinajstić information content (AvgIpc) is 3.29. The topological polar surface area (TPSA) is 135 Å². The maximum Gasteiger partial charge on any atom is 0.343 e. The van der Waals surface area contributed by atoms with Gasteiger partial charge in [0.05, 0.1) is 12.2 Å². The zero-order valence-electron chi connectivity index (χ0n) is 21.4. The molecule has 2 aromatic carbocycles. The molecule has 0 bridgehead atoms. The van der Waals surface area contributed by atoms with Crippen molar-refractivity contribution in [2.75, 3.05) is 38.5 Å². The van der Waals surface area contributed by atoms with Crippen molar-refractivity contribution in [2.24, 2.45) is 10.7 Å². The number of benzene rings is 2. The van der Waals surface area contributed by atoms with Crippen LogP contribution in [0.25, 0.3) is 0 Å². The summed E-state index contributed by atoms with van der Waals surface area (Å²) >= 11 is 1.37. The van der Waals surface area contributed by atoms with Crippen molar-refractivity contribution in [1.29, 1.82) is 0 Å². The lowest BCUT2D eigenvalue weighted by Gasteiger charge is -2.16. The first-order valence-corrected chi connectivity index (χ1v) is 13.5. The number of carbonyl (C=O) groups excluding carboxylic acids is 2. The Morgan fingerprint density at radius 2 is 1.84 bits per heavy atom. The van der Waals surface area contributed by atoms with E-state index in [-0.39, 0.29) is 18.1 Å². The average molecular weight is 529 g/mol. The molecule has 0 fully saturated rings. The lowest BCUT2D eigenvalue weighted by atomic mass is 10.1. The summed E-state index contributed by atoms with van der Waals surface area (Å²) in [7, 11) is 0. The highest BCUT2D eigenvalue weighted by atomic mass is 32.2. The molecular weight excluding hydrogens is 492 g/mol. The molecule has 10 heteroatoms. The second kappa shape index (κ2) is 14.1. The highest BCUT2D eigenvalue weighted by Crippen LogP contribution is 2.36. The van der Waals surface area contributed by atoms with Gasteiger partial charge < -0.3 is 30.9 Å². The number of rotatable bonds is 14. The molecule has 5 N–H and O–H groups in total. The number of ether oxygens (including phenoxy) is 2. The minimum atomic E-state index is -0.989. The van der Waals surface area contributed by atoms with E-state index in [0.717, 1.165) is 38.0 Å². The van der Waals surface area contributed by atoms with Crippen molar-refractivity contribution in [1.82, 2.24) is 10.6 Å². The molecule has 9 nitrogen and oxygen atoms in total. The molecule has 0 unspecified atom stereocenters. The van der Waals surface area contributed by atoms with Crippen molar-refractivity contribution in [3.63, 3.8) is 0 Å². The number of phenols is 1. The van der Waals surface area contributed by atoms with Crippen LogP contribution in [0.5, 0.6) is 11.5 Å². The van der Waals surface area contributed by atoms with Crippen molar-refractivity contribution in [2.45, 2.75) is 38.8 Å². The third kappa shape index (κ3) is 8.29. The van der Waals surface area contributed by atoms with Crippen LogP contribution in [0.15, 0.2) is 47.5 Å². The second-order valence-electron chi connectivity index (χ2n) is 8.89. The Kier molecular flexibility index (Phi) is 10.9. The normalized spacial score (nSPS) is 16.9. The smallest absolute Gasteiger partial charge is 0.343 e. The molecule has 0 saturated heterocycles. The Balaban J connectivity index is 1.50. The van der Waals surface area contributed by atoms with E-state index in [1.54, 1.807) is 38.1 Å². The van der Waals surface area contributed by atoms with E-state index in [4.69, 9.17) is 15.2 Å². The number of phenolic OH excluding ortho intramolecular Hbond substituents is 1. The number of aromatic hydroxyl groups is 1. The van der Waals surface area contributed by atoms with E-state index < -0.39 is 17.5 Å². The number of carbonyl (C=O) groups is 2. The fourth-order valence-electron chi connectivity index (χ4n) is 3.63. The van der Waals surface area contributed by atoms with Gasteiger partial charge in [-0.05, 0) is 82.7 Å². The van der Waals surface area contributed by atoms with Gasteiger partial charge in [-0.2, -0.15) is 0 Å². The van der Waals surface area contributed by atoms with Gasteiger partial charge in [0, 0.05) is 23.9 Å².